The molecule has 1 aromatic heterocycles. The molecule has 1 amide bonds. The molecule has 10 heteroatoms. The van der Waals surface area contributed by atoms with Gasteiger partial charge in [0.15, 0.2) is 6.73 Å². The second-order valence-electron chi connectivity index (χ2n) is 7.36. The van der Waals surface area contributed by atoms with Crippen LogP contribution in [0.3, 0.4) is 0 Å². The van der Waals surface area contributed by atoms with Gasteiger partial charge in [0.2, 0.25) is 9.70 Å². The molecule has 2 N–H and O–H groups in total. The first kappa shape index (κ1) is 26.3. The Morgan fingerprint density at radius 2 is 1.80 bits per heavy atom. The van der Waals surface area contributed by atoms with Crippen molar-refractivity contribution in [1.82, 2.24) is 15.6 Å². The number of fused-ring (bicyclic) bond motifs is 1. The van der Waals surface area contributed by atoms with Crippen molar-refractivity contribution in [2.45, 2.75) is 16.9 Å². The van der Waals surface area contributed by atoms with Crippen molar-refractivity contribution < 1.29 is 14.3 Å². The minimum Gasteiger partial charge on any atom is -0.444 e. The van der Waals surface area contributed by atoms with Gasteiger partial charge in [0.05, 0.1) is 11.2 Å². The molecular formula is C25H23Cl3N4O3. The van der Waals surface area contributed by atoms with E-state index in [0.29, 0.717) is 11.2 Å². The molecule has 2 aromatic carbocycles. The van der Waals surface area contributed by atoms with E-state index in [1.54, 1.807) is 23.2 Å². The predicted octanol–water partition coefficient (Wildman–Crippen LogP) is 5.15. The number of esters is 1. The normalized spacial score (nSPS) is 12.2. The molecule has 0 aliphatic rings. The maximum atomic E-state index is 12.5. The lowest BCUT2D eigenvalue weighted by Crippen LogP contribution is -2.54. The fraction of sp³-hybridized carbons (Fsp3) is 0.160. The zero-order chi connectivity index (χ0) is 25.4. The Hall–Kier alpha value is -3.26. The summed E-state index contributed by atoms with van der Waals surface area (Å²) in [6, 6.07) is 18.5. The van der Waals surface area contributed by atoms with Gasteiger partial charge in [-0.05, 0) is 23.8 Å². The van der Waals surface area contributed by atoms with E-state index in [9.17, 15) is 9.59 Å². The summed E-state index contributed by atoms with van der Waals surface area (Å²) in [5, 5.41) is 6.41. The Balaban J connectivity index is 1.84. The van der Waals surface area contributed by atoms with E-state index in [2.05, 4.69) is 22.2 Å². The predicted molar refractivity (Wildman–Crippen MR) is 141 cm³/mol. The first-order chi connectivity index (χ1) is 16.6. The molecule has 0 aliphatic heterocycles. The Morgan fingerprint density at radius 1 is 1.09 bits per heavy atom. The van der Waals surface area contributed by atoms with Crippen LogP contribution in [0, 0.1) is 0 Å². The molecule has 3 rings (SSSR count). The highest BCUT2D eigenvalue weighted by Crippen LogP contribution is 2.31. The minimum absolute atomic E-state index is 0.189. The average Bonchev–Trinajstić information content (AvgIpc) is 2.82. The van der Waals surface area contributed by atoms with Crippen LogP contribution in [0.1, 0.15) is 12.5 Å². The number of alkyl halides is 3. The highest BCUT2D eigenvalue weighted by atomic mass is 35.6. The van der Waals surface area contributed by atoms with Gasteiger partial charge in [-0.2, -0.15) is 0 Å². The molecule has 182 valence electrons. The summed E-state index contributed by atoms with van der Waals surface area (Å²) >= 11 is 18.4. The van der Waals surface area contributed by atoms with Crippen LogP contribution in [-0.4, -0.2) is 33.5 Å². The maximum Gasteiger partial charge on any atom is 0.304 e. The molecule has 0 saturated carbocycles. The fourth-order valence-electron chi connectivity index (χ4n) is 3.12. The highest BCUT2D eigenvalue weighted by molar-refractivity contribution is 6.68. The number of hydrogen-bond donors (Lipinski definition) is 2. The van der Waals surface area contributed by atoms with E-state index in [4.69, 9.17) is 39.5 Å². The van der Waals surface area contributed by atoms with Crippen LogP contribution in [-0.2, 0) is 14.3 Å². The molecular weight excluding hydrogens is 511 g/mol. The Bertz CT molecular complexity index is 1220. The molecule has 0 radical (unpaired) electrons. The Kier molecular flexibility index (Phi) is 8.98. The minimum atomic E-state index is -1.94. The van der Waals surface area contributed by atoms with Crippen LogP contribution in [0.5, 0.6) is 0 Å². The smallest absolute Gasteiger partial charge is 0.304 e. The van der Waals surface area contributed by atoms with Gasteiger partial charge in [-0.15, -0.1) is 0 Å². The van der Waals surface area contributed by atoms with Crippen molar-refractivity contribution in [2.24, 2.45) is 0 Å². The van der Waals surface area contributed by atoms with E-state index in [-0.39, 0.29) is 12.6 Å². The van der Waals surface area contributed by atoms with E-state index >= 15 is 0 Å². The third kappa shape index (κ3) is 7.62. The maximum absolute atomic E-state index is 12.5. The molecule has 35 heavy (non-hydrogen) atoms. The molecule has 1 atom stereocenters. The number of carbonyl (C=O) groups excluding carboxylic acids is 2. The molecule has 0 bridgehead atoms. The van der Waals surface area contributed by atoms with Crippen molar-refractivity contribution in [2.75, 3.05) is 11.6 Å². The third-order valence-electron chi connectivity index (χ3n) is 4.78. The summed E-state index contributed by atoms with van der Waals surface area (Å²) in [4.78, 5) is 30.1. The summed E-state index contributed by atoms with van der Waals surface area (Å²) in [7, 11) is 0. The topological polar surface area (TPSA) is 83.6 Å². The van der Waals surface area contributed by atoms with Gasteiger partial charge in [-0.25, -0.2) is 0 Å². The second kappa shape index (κ2) is 11.9. The van der Waals surface area contributed by atoms with Crippen molar-refractivity contribution in [1.29, 1.82) is 0 Å². The van der Waals surface area contributed by atoms with Gasteiger partial charge < -0.3 is 15.4 Å². The number of carbonyl (C=O) groups is 2. The van der Waals surface area contributed by atoms with Gasteiger partial charge >= 0.3 is 5.97 Å². The number of benzene rings is 2. The lowest BCUT2D eigenvalue weighted by atomic mass is 10.2. The summed E-state index contributed by atoms with van der Waals surface area (Å²) in [5.74, 6) is -0.787. The van der Waals surface area contributed by atoms with E-state index in [0.717, 1.165) is 10.9 Å². The van der Waals surface area contributed by atoms with Crippen molar-refractivity contribution in [3.05, 3.63) is 90.9 Å². The number of anilines is 1. The number of ether oxygens (including phenoxy) is 1. The number of para-hydroxylation sites is 1. The van der Waals surface area contributed by atoms with Gasteiger partial charge in [-0.3, -0.25) is 19.5 Å². The molecule has 0 saturated heterocycles. The first-order valence-corrected chi connectivity index (χ1v) is 11.6. The zero-order valence-corrected chi connectivity index (χ0v) is 21.0. The summed E-state index contributed by atoms with van der Waals surface area (Å²) in [5.41, 5.74) is 2.08. The molecule has 7 nitrogen and oxygen atoms in total. The molecule has 1 unspecified atom stereocenters. The Labute approximate surface area is 218 Å². The fourth-order valence-corrected chi connectivity index (χ4v) is 3.45. The van der Waals surface area contributed by atoms with E-state index in [1.165, 1.54) is 13.0 Å². The standard InChI is InChI=1S/C25H23Cl3N4O3/c1-17(30-24(25(26,27)28)31-22(34)14-13-19-8-4-3-5-9-19)32(16-35-18(2)33)21-12-6-10-20-11-7-15-29-23(20)21/h3-15,24,30H,1,16H2,2H3,(H,31,34)/b14-13+. The van der Waals surface area contributed by atoms with E-state index in [1.807, 2.05) is 54.6 Å². The summed E-state index contributed by atoms with van der Waals surface area (Å²) in [6.07, 6.45) is 3.44. The zero-order valence-electron chi connectivity index (χ0n) is 18.8. The highest BCUT2D eigenvalue weighted by Gasteiger charge is 2.35. The number of hydrogen-bond acceptors (Lipinski definition) is 6. The van der Waals surface area contributed by atoms with Crippen LogP contribution in [0.2, 0.25) is 0 Å². The quantitative estimate of drug-likeness (QED) is 0.171. The number of aromatic nitrogens is 1. The number of nitrogens with one attached hydrogen (secondary N) is 2. The second-order valence-corrected chi connectivity index (χ2v) is 9.73. The number of pyridine rings is 1. The molecule has 0 spiro atoms. The molecule has 1 heterocycles. The van der Waals surface area contributed by atoms with Crippen LogP contribution < -0.4 is 15.5 Å². The number of nitrogens with zero attached hydrogens (tertiary/aromatic N) is 2. The number of rotatable bonds is 9. The number of halogens is 3. The lowest BCUT2D eigenvalue weighted by Gasteiger charge is -2.33. The van der Waals surface area contributed by atoms with E-state index < -0.39 is 21.8 Å². The summed E-state index contributed by atoms with van der Waals surface area (Å²) in [6.45, 7) is 5.12. The lowest BCUT2D eigenvalue weighted by molar-refractivity contribution is -0.140. The van der Waals surface area contributed by atoms with Crippen molar-refractivity contribution in [3.8, 4) is 0 Å². The van der Waals surface area contributed by atoms with Gasteiger partial charge in [0.25, 0.3) is 0 Å². The van der Waals surface area contributed by atoms with Crippen LogP contribution in [0.25, 0.3) is 17.0 Å². The first-order valence-electron chi connectivity index (χ1n) is 10.5. The SMILES string of the molecule is C=C(NC(NC(=O)/C=C/c1ccccc1)C(Cl)(Cl)Cl)N(COC(C)=O)c1cccc2cccnc12. The van der Waals surface area contributed by atoms with Crippen LogP contribution in [0.15, 0.2) is 85.3 Å². The Morgan fingerprint density at radius 3 is 2.49 bits per heavy atom. The number of amides is 1. The summed E-state index contributed by atoms with van der Waals surface area (Å²) < 4.78 is 3.28. The van der Waals surface area contributed by atoms with Gasteiger partial charge in [-0.1, -0.05) is 89.9 Å². The van der Waals surface area contributed by atoms with Crippen LogP contribution >= 0.6 is 34.8 Å². The molecule has 0 aliphatic carbocycles. The molecule has 3 aromatic rings. The largest absolute Gasteiger partial charge is 0.444 e. The average molecular weight is 534 g/mol. The molecule has 0 fully saturated rings. The monoisotopic (exact) mass is 532 g/mol. The van der Waals surface area contributed by atoms with Crippen LogP contribution in [0.4, 0.5) is 5.69 Å². The van der Waals surface area contributed by atoms with Gasteiger partial charge in [0.1, 0.15) is 12.0 Å². The van der Waals surface area contributed by atoms with Crippen molar-refractivity contribution in [3.63, 3.8) is 0 Å². The van der Waals surface area contributed by atoms with Gasteiger partial charge in [0, 0.05) is 24.6 Å². The third-order valence-corrected chi connectivity index (χ3v) is 5.43. The van der Waals surface area contributed by atoms with Crippen molar-refractivity contribution >= 4 is 69.3 Å².